The van der Waals surface area contributed by atoms with Gasteiger partial charge in [0.1, 0.15) is 17.5 Å². The Balaban J connectivity index is 1.56. The van der Waals surface area contributed by atoms with E-state index in [1.54, 1.807) is 68.1 Å². The number of nitrogens with one attached hydrogen (secondary N) is 3. The second kappa shape index (κ2) is 13.1. The van der Waals surface area contributed by atoms with E-state index in [0.717, 1.165) is 12.3 Å². The SMILES string of the molecule is [2H]C([2H])([2H])Oc1cc(N2CCN(C(=O)OC(C)(C)C)CC2)ccc1Nc1ncc([N+](=O)[O-])c(Nc2cccc(NC(=O)C=C)c2)n1. The van der Waals surface area contributed by atoms with Gasteiger partial charge < -0.3 is 35.2 Å². The lowest BCUT2D eigenvalue weighted by Gasteiger charge is -2.37. The van der Waals surface area contributed by atoms with Crippen molar-refractivity contribution >= 4 is 52.2 Å². The molecule has 2 amide bonds. The largest absolute Gasteiger partial charge is 0.494 e. The van der Waals surface area contributed by atoms with Crippen molar-refractivity contribution in [1.29, 1.82) is 0 Å². The molecule has 1 aromatic heterocycles. The van der Waals surface area contributed by atoms with Crippen molar-refractivity contribution in [2.24, 2.45) is 0 Å². The van der Waals surface area contributed by atoms with Crippen LogP contribution in [0.1, 0.15) is 24.9 Å². The number of hydrogen-bond acceptors (Lipinski definition) is 11. The Kier molecular flexibility index (Phi) is 8.05. The molecule has 43 heavy (non-hydrogen) atoms. The summed E-state index contributed by atoms with van der Waals surface area (Å²) in [6.07, 6.45) is 1.71. The third-order valence-corrected chi connectivity index (χ3v) is 6.16. The van der Waals surface area contributed by atoms with Crippen LogP contribution < -0.4 is 25.6 Å². The molecule has 4 rings (SSSR count). The van der Waals surface area contributed by atoms with E-state index in [2.05, 4.69) is 32.5 Å². The normalized spacial score (nSPS) is 14.4. The summed E-state index contributed by atoms with van der Waals surface area (Å²) in [6.45, 7) is 10.6. The third-order valence-electron chi connectivity index (χ3n) is 6.16. The van der Waals surface area contributed by atoms with Crippen LogP contribution in [-0.4, -0.2) is 70.6 Å². The number of benzene rings is 2. The summed E-state index contributed by atoms with van der Waals surface area (Å²) in [7, 11) is -2.79. The van der Waals surface area contributed by atoms with Gasteiger partial charge in [0.2, 0.25) is 17.7 Å². The standard InChI is InChI=1S/C29H34N8O6/c1-6-25(38)31-19-8-7-9-20(16-19)32-26-23(37(40)41)18-30-27(34-26)33-22-11-10-21(17-24(22)42-5)35-12-14-36(15-13-35)28(39)43-29(2,3)4/h6-11,16-18H,1,12-15H2,2-5H3,(H,31,38)(H2,30,32,33,34)/i5D3. The molecule has 0 radical (unpaired) electrons. The predicted molar refractivity (Wildman–Crippen MR) is 164 cm³/mol. The number of rotatable bonds is 9. The highest BCUT2D eigenvalue weighted by atomic mass is 16.6. The lowest BCUT2D eigenvalue weighted by Crippen LogP contribution is -2.50. The van der Waals surface area contributed by atoms with Crippen molar-refractivity contribution in [3.05, 3.63) is 71.4 Å². The van der Waals surface area contributed by atoms with Gasteiger partial charge in [0.05, 0.1) is 21.8 Å². The van der Waals surface area contributed by atoms with Crippen LogP contribution in [0.4, 0.5) is 45.0 Å². The van der Waals surface area contributed by atoms with E-state index in [1.165, 1.54) is 0 Å². The van der Waals surface area contributed by atoms with Gasteiger partial charge in [0.25, 0.3) is 0 Å². The number of ether oxygens (including phenoxy) is 2. The molecule has 0 bridgehead atoms. The monoisotopic (exact) mass is 593 g/mol. The first-order valence-corrected chi connectivity index (χ1v) is 13.2. The summed E-state index contributed by atoms with van der Waals surface area (Å²) < 4.78 is 33.8. The second-order valence-corrected chi connectivity index (χ2v) is 10.4. The molecular weight excluding hydrogens is 556 g/mol. The summed E-state index contributed by atoms with van der Waals surface area (Å²) in [6, 6.07) is 11.3. The number of amides is 2. The van der Waals surface area contributed by atoms with Gasteiger partial charge in [-0.15, -0.1) is 0 Å². The Morgan fingerprint density at radius 1 is 1.12 bits per heavy atom. The molecule has 0 saturated carbocycles. The summed E-state index contributed by atoms with van der Waals surface area (Å²) in [5.41, 5.74) is 0.620. The molecule has 3 N–H and O–H groups in total. The Morgan fingerprint density at radius 2 is 1.86 bits per heavy atom. The molecule has 0 spiro atoms. The van der Waals surface area contributed by atoms with Gasteiger partial charge in [0, 0.05) is 49.3 Å². The maximum absolute atomic E-state index is 12.5. The van der Waals surface area contributed by atoms with E-state index in [1.807, 2.05) is 4.90 Å². The van der Waals surface area contributed by atoms with Gasteiger partial charge in [0.15, 0.2) is 0 Å². The summed E-state index contributed by atoms with van der Waals surface area (Å²) >= 11 is 0. The second-order valence-electron chi connectivity index (χ2n) is 10.4. The van der Waals surface area contributed by atoms with Gasteiger partial charge in [-0.3, -0.25) is 14.9 Å². The Morgan fingerprint density at radius 3 is 2.53 bits per heavy atom. The average molecular weight is 594 g/mol. The van der Waals surface area contributed by atoms with Crippen molar-refractivity contribution in [3.8, 4) is 5.75 Å². The molecule has 1 fully saturated rings. The topological polar surface area (TPSA) is 164 Å². The molecule has 1 saturated heterocycles. The van der Waals surface area contributed by atoms with Gasteiger partial charge in [-0.1, -0.05) is 12.6 Å². The molecule has 1 aliphatic heterocycles. The van der Waals surface area contributed by atoms with Crippen LogP contribution in [0.25, 0.3) is 0 Å². The third kappa shape index (κ3) is 8.09. The summed E-state index contributed by atoms with van der Waals surface area (Å²) in [5, 5.41) is 20.1. The number of methoxy groups -OCH3 is 1. The van der Waals surface area contributed by atoms with E-state index < -0.39 is 35.3 Å². The Labute approximate surface area is 253 Å². The number of aromatic nitrogens is 2. The molecule has 1 aliphatic rings. The van der Waals surface area contributed by atoms with Crippen LogP contribution >= 0.6 is 0 Å². The van der Waals surface area contributed by atoms with Crippen LogP contribution in [0.5, 0.6) is 5.75 Å². The molecule has 3 aromatic rings. The summed E-state index contributed by atoms with van der Waals surface area (Å²) in [4.78, 5) is 47.1. The number of anilines is 6. The zero-order valence-electron chi connectivity index (χ0n) is 26.9. The molecule has 0 atom stereocenters. The van der Waals surface area contributed by atoms with Crippen LogP contribution in [0.2, 0.25) is 0 Å². The van der Waals surface area contributed by atoms with Crippen molar-refractivity contribution in [3.63, 3.8) is 0 Å². The quantitative estimate of drug-likeness (QED) is 0.172. The zero-order chi connectivity index (χ0) is 33.6. The highest BCUT2D eigenvalue weighted by molar-refractivity contribution is 5.99. The molecule has 2 aromatic carbocycles. The fraction of sp³-hybridized carbons (Fsp3) is 0.310. The fourth-order valence-corrected chi connectivity index (χ4v) is 4.16. The molecule has 2 heterocycles. The van der Waals surface area contributed by atoms with E-state index in [-0.39, 0.29) is 23.2 Å². The predicted octanol–water partition coefficient (Wildman–Crippen LogP) is 5.06. The average Bonchev–Trinajstić information content (AvgIpc) is 2.96. The highest BCUT2D eigenvalue weighted by Gasteiger charge is 2.26. The molecule has 0 unspecified atom stereocenters. The first-order valence-electron chi connectivity index (χ1n) is 14.7. The number of nitro groups is 1. The van der Waals surface area contributed by atoms with Crippen LogP contribution in [0.3, 0.4) is 0 Å². The minimum Gasteiger partial charge on any atom is -0.494 e. The Hall–Kier alpha value is -5.40. The number of carbonyl (C=O) groups excluding carboxylic acids is 2. The summed E-state index contributed by atoms with van der Waals surface area (Å²) in [5.74, 6) is -0.708. The lowest BCUT2D eigenvalue weighted by atomic mass is 10.2. The number of piperazine rings is 1. The van der Waals surface area contributed by atoms with Crippen molar-refractivity contribution in [2.45, 2.75) is 26.4 Å². The first kappa shape index (κ1) is 26.5. The highest BCUT2D eigenvalue weighted by Crippen LogP contribution is 2.33. The molecular formula is C29H34N8O6. The van der Waals surface area contributed by atoms with Crippen LogP contribution in [0, 0.1) is 10.1 Å². The Bertz CT molecular complexity index is 1620. The number of hydrogen-bond donors (Lipinski definition) is 3. The van der Waals surface area contributed by atoms with Gasteiger partial charge in [-0.25, -0.2) is 9.78 Å². The molecule has 14 heteroatoms. The zero-order valence-corrected chi connectivity index (χ0v) is 23.9. The minimum atomic E-state index is -2.79. The van der Waals surface area contributed by atoms with Crippen molar-refractivity contribution in [1.82, 2.24) is 14.9 Å². The number of nitrogens with zero attached hydrogens (tertiary/aromatic N) is 5. The van der Waals surface area contributed by atoms with E-state index >= 15 is 0 Å². The van der Waals surface area contributed by atoms with E-state index in [0.29, 0.717) is 43.2 Å². The van der Waals surface area contributed by atoms with Gasteiger partial charge >= 0.3 is 11.8 Å². The molecule has 0 aliphatic carbocycles. The number of carbonyl (C=O) groups is 2. The van der Waals surface area contributed by atoms with Gasteiger partial charge in [-0.2, -0.15) is 4.98 Å². The van der Waals surface area contributed by atoms with E-state index in [9.17, 15) is 19.7 Å². The van der Waals surface area contributed by atoms with Gasteiger partial charge in [-0.05, 0) is 57.2 Å². The minimum absolute atomic E-state index is 0.0332. The fourth-order valence-electron chi connectivity index (χ4n) is 4.16. The van der Waals surface area contributed by atoms with Crippen molar-refractivity contribution < 1.29 is 28.1 Å². The molecule has 14 nitrogen and oxygen atoms in total. The van der Waals surface area contributed by atoms with Crippen molar-refractivity contribution in [2.75, 3.05) is 54.1 Å². The maximum atomic E-state index is 12.5. The molecule has 226 valence electrons. The maximum Gasteiger partial charge on any atom is 0.410 e. The van der Waals surface area contributed by atoms with Crippen LogP contribution in [0.15, 0.2) is 61.3 Å². The van der Waals surface area contributed by atoms with E-state index in [4.69, 9.17) is 13.6 Å². The first-order chi connectivity index (χ1) is 21.6. The lowest BCUT2D eigenvalue weighted by molar-refractivity contribution is -0.384. The smallest absolute Gasteiger partial charge is 0.410 e. The van der Waals surface area contributed by atoms with Crippen LogP contribution in [-0.2, 0) is 9.53 Å².